The lowest BCUT2D eigenvalue weighted by molar-refractivity contribution is -0.126. The van der Waals surface area contributed by atoms with Gasteiger partial charge in [-0.1, -0.05) is 35.9 Å². The Morgan fingerprint density at radius 2 is 1.62 bits per heavy atom. The van der Waals surface area contributed by atoms with Crippen LogP contribution in [0.1, 0.15) is 48.1 Å². The van der Waals surface area contributed by atoms with Gasteiger partial charge in [0.2, 0.25) is 15.9 Å². The van der Waals surface area contributed by atoms with Crippen LogP contribution in [0.2, 0.25) is 0 Å². The monoisotopic (exact) mass is 414 g/mol. The van der Waals surface area contributed by atoms with E-state index in [1.54, 1.807) is 24.3 Å². The number of carbonyl (C=O) groups is 1. The highest BCUT2D eigenvalue weighted by atomic mass is 32.2. The predicted octanol–water partition coefficient (Wildman–Crippen LogP) is 3.89. The van der Waals surface area contributed by atoms with Crippen LogP contribution < -0.4 is 5.32 Å². The van der Waals surface area contributed by atoms with Gasteiger partial charge in [-0.3, -0.25) is 4.79 Å². The minimum Gasteiger partial charge on any atom is -0.349 e. The number of aryl methyl sites for hydroxylation is 3. The number of hydrogen-bond acceptors (Lipinski definition) is 3. The Kier molecular flexibility index (Phi) is 6.44. The van der Waals surface area contributed by atoms with Gasteiger partial charge >= 0.3 is 0 Å². The molecule has 0 bridgehead atoms. The van der Waals surface area contributed by atoms with E-state index in [0.29, 0.717) is 30.8 Å². The van der Waals surface area contributed by atoms with E-state index in [4.69, 9.17) is 0 Å². The van der Waals surface area contributed by atoms with Gasteiger partial charge in [-0.15, -0.1) is 0 Å². The number of piperidine rings is 1. The van der Waals surface area contributed by atoms with E-state index in [1.165, 1.54) is 15.4 Å². The first-order valence-corrected chi connectivity index (χ1v) is 11.6. The van der Waals surface area contributed by atoms with E-state index in [0.717, 1.165) is 11.1 Å². The molecule has 0 radical (unpaired) electrons. The summed E-state index contributed by atoms with van der Waals surface area (Å²) >= 11 is 0. The van der Waals surface area contributed by atoms with Gasteiger partial charge < -0.3 is 5.32 Å². The van der Waals surface area contributed by atoms with E-state index < -0.39 is 10.0 Å². The van der Waals surface area contributed by atoms with Crippen molar-refractivity contribution in [2.45, 2.75) is 51.5 Å². The van der Waals surface area contributed by atoms with Crippen molar-refractivity contribution >= 4 is 15.9 Å². The Bertz CT molecular complexity index is 976. The average Bonchev–Trinajstić information content (AvgIpc) is 2.70. The number of carbonyl (C=O) groups excluding carboxylic acids is 1. The van der Waals surface area contributed by atoms with Crippen molar-refractivity contribution < 1.29 is 13.2 Å². The van der Waals surface area contributed by atoms with Crippen LogP contribution in [0.3, 0.4) is 0 Å². The van der Waals surface area contributed by atoms with Gasteiger partial charge in [-0.05, 0) is 69.4 Å². The standard InChI is InChI=1S/C23H30N2O3S/c1-16-5-9-22(10-6-16)29(27,28)25-13-11-20(12-14-25)23(26)24-19(4)21-8-7-17(2)18(3)15-21/h5-10,15,19-20H,11-14H2,1-4H3,(H,24,26). The van der Waals surface area contributed by atoms with Gasteiger partial charge in [0.25, 0.3) is 0 Å². The minimum absolute atomic E-state index is 0.00288. The normalized spacial score (nSPS) is 17.1. The molecule has 6 heteroatoms. The Morgan fingerprint density at radius 3 is 2.21 bits per heavy atom. The molecule has 1 aliphatic heterocycles. The maximum Gasteiger partial charge on any atom is 0.243 e. The molecule has 1 fully saturated rings. The lowest BCUT2D eigenvalue weighted by atomic mass is 9.96. The van der Waals surface area contributed by atoms with Gasteiger partial charge in [-0.2, -0.15) is 4.31 Å². The van der Waals surface area contributed by atoms with Gasteiger partial charge in [-0.25, -0.2) is 8.42 Å². The number of benzene rings is 2. The Hall–Kier alpha value is -2.18. The number of rotatable bonds is 5. The summed E-state index contributed by atoms with van der Waals surface area (Å²) in [6.45, 7) is 8.79. The largest absolute Gasteiger partial charge is 0.349 e. The zero-order valence-electron chi connectivity index (χ0n) is 17.6. The van der Waals surface area contributed by atoms with E-state index in [9.17, 15) is 13.2 Å². The van der Waals surface area contributed by atoms with Crippen molar-refractivity contribution in [3.8, 4) is 0 Å². The fourth-order valence-electron chi connectivity index (χ4n) is 3.67. The summed E-state index contributed by atoms with van der Waals surface area (Å²) in [4.78, 5) is 13.0. The molecule has 0 spiro atoms. The van der Waals surface area contributed by atoms with Gasteiger partial charge in [0, 0.05) is 19.0 Å². The van der Waals surface area contributed by atoms with Crippen LogP contribution in [-0.4, -0.2) is 31.7 Å². The van der Waals surface area contributed by atoms with Crippen LogP contribution in [0, 0.1) is 26.7 Å². The number of hydrogen-bond donors (Lipinski definition) is 1. The third-order valence-electron chi connectivity index (χ3n) is 5.87. The average molecular weight is 415 g/mol. The second-order valence-electron chi connectivity index (χ2n) is 8.07. The van der Waals surface area contributed by atoms with E-state index >= 15 is 0 Å². The molecule has 1 aliphatic rings. The molecule has 0 aromatic heterocycles. The molecule has 156 valence electrons. The molecule has 1 atom stereocenters. The lowest BCUT2D eigenvalue weighted by Crippen LogP contribution is -2.43. The highest BCUT2D eigenvalue weighted by molar-refractivity contribution is 7.89. The first kappa shape index (κ1) is 21.5. The van der Waals surface area contributed by atoms with Crippen molar-refractivity contribution in [2.75, 3.05) is 13.1 Å². The Labute approximate surface area is 174 Å². The van der Waals surface area contributed by atoms with Crippen molar-refractivity contribution in [3.63, 3.8) is 0 Å². The molecule has 2 aromatic carbocycles. The number of nitrogens with zero attached hydrogens (tertiary/aromatic N) is 1. The van der Waals surface area contributed by atoms with Crippen LogP contribution >= 0.6 is 0 Å². The fraction of sp³-hybridized carbons (Fsp3) is 0.435. The topological polar surface area (TPSA) is 66.5 Å². The molecular weight excluding hydrogens is 384 g/mol. The van der Waals surface area contributed by atoms with Gasteiger partial charge in [0.15, 0.2) is 0 Å². The summed E-state index contributed by atoms with van der Waals surface area (Å²) in [5, 5.41) is 3.10. The molecular formula is C23H30N2O3S. The molecule has 3 rings (SSSR count). The van der Waals surface area contributed by atoms with Crippen molar-refractivity contribution in [2.24, 2.45) is 5.92 Å². The Morgan fingerprint density at radius 1 is 1.00 bits per heavy atom. The molecule has 1 N–H and O–H groups in total. The molecule has 0 saturated carbocycles. The third kappa shape index (κ3) is 4.87. The first-order chi connectivity index (χ1) is 13.7. The summed E-state index contributed by atoms with van der Waals surface area (Å²) in [6, 6.07) is 13.1. The maximum absolute atomic E-state index is 12.8. The molecule has 1 saturated heterocycles. The summed E-state index contributed by atoms with van der Waals surface area (Å²) in [7, 11) is -3.50. The fourth-order valence-corrected chi connectivity index (χ4v) is 5.14. The van der Waals surface area contributed by atoms with Crippen LogP contribution in [0.15, 0.2) is 47.4 Å². The predicted molar refractivity (Wildman–Crippen MR) is 115 cm³/mol. The van der Waals surface area contributed by atoms with Crippen LogP contribution in [0.5, 0.6) is 0 Å². The lowest BCUT2D eigenvalue weighted by Gasteiger charge is -2.31. The zero-order valence-corrected chi connectivity index (χ0v) is 18.4. The zero-order chi connectivity index (χ0) is 21.2. The van der Waals surface area contributed by atoms with E-state index in [-0.39, 0.29) is 17.9 Å². The smallest absolute Gasteiger partial charge is 0.243 e. The highest BCUT2D eigenvalue weighted by Crippen LogP contribution is 2.25. The van der Waals surface area contributed by atoms with Gasteiger partial charge in [0.05, 0.1) is 10.9 Å². The molecule has 29 heavy (non-hydrogen) atoms. The highest BCUT2D eigenvalue weighted by Gasteiger charge is 2.32. The SMILES string of the molecule is Cc1ccc(S(=O)(=O)N2CCC(C(=O)NC(C)c3ccc(C)c(C)c3)CC2)cc1. The van der Waals surface area contributed by atoms with Crippen LogP contribution in [-0.2, 0) is 14.8 Å². The van der Waals surface area contributed by atoms with Crippen molar-refractivity contribution in [3.05, 3.63) is 64.7 Å². The van der Waals surface area contributed by atoms with Crippen LogP contribution in [0.4, 0.5) is 0 Å². The summed E-state index contributed by atoms with van der Waals surface area (Å²) in [5.41, 5.74) is 4.55. The third-order valence-corrected chi connectivity index (χ3v) is 7.79. The minimum atomic E-state index is -3.50. The molecule has 0 aliphatic carbocycles. The van der Waals surface area contributed by atoms with Crippen molar-refractivity contribution in [1.29, 1.82) is 0 Å². The Balaban J connectivity index is 1.59. The molecule has 1 amide bonds. The number of sulfonamides is 1. The maximum atomic E-state index is 12.8. The van der Waals surface area contributed by atoms with E-state index in [1.807, 2.05) is 19.9 Å². The second-order valence-corrected chi connectivity index (χ2v) is 10.0. The second kappa shape index (κ2) is 8.67. The van der Waals surface area contributed by atoms with Crippen LogP contribution in [0.25, 0.3) is 0 Å². The van der Waals surface area contributed by atoms with Gasteiger partial charge in [0.1, 0.15) is 0 Å². The summed E-state index contributed by atoms with van der Waals surface area (Å²) < 4.78 is 27.1. The first-order valence-electron chi connectivity index (χ1n) is 10.1. The molecule has 1 heterocycles. The number of amides is 1. The summed E-state index contributed by atoms with van der Waals surface area (Å²) in [6.07, 6.45) is 1.08. The molecule has 5 nitrogen and oxygen atoms in total. The van der Waals surface area contributed by atoms with E-state index in [2.05, 4.69) is 31.3 Å². The van der Waals surface area contributed by atoms with Crippen molar-refractivity contribution in [1.82, 2.24) is 9.62 Å². The molecule has 2 aromatic rings. The number of nitrogens with one attached hydrogen (secondary N) is 1. The summed E-state index contributed by atoms with van der Waals surface area (Å²) in [5.74, 6) is -0.156. The molecule has 1 unspecified atom stereocenters. The quantitative estimate of drug-likeness (QED) is 0.807.